The fourth-order valence-corrected chi connectivity index (χ4v) is 3.12. The molecule has 0 saturated heterocycles. The number of H-pyrrole nitrogens is 1. The maximum absolute atomic E-state index is 12.2. The Morgan fingerprint density at radius 3 is 2.33 bits per heavy atom. The Hall–Kier alpha value is -2.22. The van der Waals surface area contributed by atoms with E-state index >= 15 is 0 Å². The molecule has 2 aromatic rings. The molecule has 1 aromatic heterocycles. The highest BCUT2D eigenvalue weighted by Gasteiger charge is 2.19. The Morgan fingerprint density at radius 1 is 1.24 bits per heavy atom. The van der Waals surface area contributed by atoms with E-state index in [4.69, 9.17) is 5.73 Å². The number of nitrogens with zero attached hydrogens (tertiary/aromatic N) is 2. The number of nitrogens with two attached hydrogens (primary N) is 1. The fourth-order valence-electron chi connectivity index (χ4n) is 2.04. The van der Waals surface area contributed by atoms with E-state index in [0.29, 0.717) is 5.69 Å². The largest absolute Gasteiger partial charge is 0.383 e. The van der Waals surface area contributed by atoms with Crippen LogP contribution in [0.15, 0.2) is 35.4 Å². The van der Waals surface area contributed by atoms with Gasteiger partial charge in [-0.05, 0) is 38.1 Å². The maximum Gasteiger partial charge on any atom is 0.267 e. The maximum atomic E-state index is 12.2. The van der Waals surface area contributed by atoms with E-state index in [1.54, 1.807) is 12.1 Å². The first-order valence-electron chi connectivity index (χ1n) is 6.64. The molecular weight excluding hydrogens is 290 g/mol. The van der Waals surface area contributed by atoms with Crippen molar-refractivity contribution in [3.8, 4) is 0 Å². The molecule has 0 radical (unpaired) electrons. The molecule has 2 rings (SSSR count). The molecule has 21 heavy (non-hydrogen) atoms. The third-order valence-corrected chi connectivity index (χ3v) is 4.58. The summed E-state index contributed by atoms with van der Waals surface area (Å²) in [7, 11) is -3.73. The molecular formula is C13H19N5O2S. The zero-order valence-corrected chi connectivity index (χ0v) is 12.8. The van der Waals surface area contributed by atoms with Gasteiger partial charge in [-0.2, -0.15) is 5.10 Å². The van der Waals surface area contributed by atoms with E-state index in [-0.39, 0.29) is 10.7 Å². The number of hydrogen-bond acceptors (Lipinski definition) is 5. The SMILES string of the molecule is CCN(CC)c1ccc(NS(=O)(=O)c2cn[nH]c2N)cc1. The van der Waals surface area contributed by atoms with Crippen LogP contribution in [0.3, 0.4) is 0 Å². The molecule has 0 amide bonds. The van der Waals surface area contributed by atoms with Gasteiger partial charge >= 0.3 is 0 Å². The van der Waals surface area contributed by atoms with Gasteiger partial charge in [-0.1, -0.05) is 0 Å². The summed E-state index contributed by atoms with van der Waals surface area (Å²) in [5, 5.41) is 6.01. The fraction of sp³-hybridized carbons (Fsp3) is 0.308. The van der Waals surface area contributed by atoms with Crippen molar-refractivity contribution < 1.29 is 8.42 Å². The van der Waals surface area contributed by atoms with Gasteiger partial charge in [0.25, 0.3) is 10.0 Å². The summed E-state index contributed by atoms with van der Waals surface area (Å²) in [5.41, 5.74) is 7.06. The highest BCUT2D eigenvalue weighted by atomic mass is 32.2. The van der Waals surface area contributed by atoms with Gasteiger partial charge in [-0.15, -0.1) is 0 Å². The topological polar surface area (TPSA) is 104 Å². The molecule has 0 bridgehead atoms. The minimum atomic E-state index is -3.73. The summed E-state index contributed by atoms with van der Waals surface area (Å²) in [6.07, 6.45) is 1.18. The Labute approximate surface area is 124 Å². The molecule has 1 aromatic carbocycles. The molecule has 0 unspecified atom stereocenters. The third-order valence-electron chi connectivity index (χ3n) is 3.17. The monoisotopic (exact) mass is 309 g/mol. The van der Waals surface area contributed by atoms with Crippen molar-refractivity contribution in [2.75, 3.05) is 28.4 Å². The first-order chi connectivity index (χ1) is 9.97. The molecule has 0 atom stereocenters. The molecule has 4 N–H and O–H groups in total. The van der Waals surface area contributed by atoms with Gasteiger partial charge in [0, 0.05) is 24.5 Å². The average molecular weight is 309 g/mol. The van der Waals surface area contributed by atoms with Crippen molar-refractivity contribution >= 4 is 27.2 Å². The van der Waals surface area contributed by atoms with E-state index in [0.717, 1.165) is 18.8 Å². The first kappa shape index (κ1) is 15.2. The average Bonchev–Trinajstić information content (AvgIpc) is 2.89. The normalized spacial score (nSPS) is 11.3. The molecule has 0 saturated carbocycles. The van der Waals surface area contributed by atoms with E-state index in [1.807, 2.05) is 12.1 Å². The highest BCUT2D eigenvalue weighted by molar-refractivity contribution is 7.92. The number of rotatable bonds is 6. The van der Waals surface area contributed by atoms with Gasteiger partial charge in [0.05, 0.1) is 6.20 Å². The van der Waals surface area contributed by atoms with Crippen LogP contribution < -0.4 is 15.4 Å². The van der Waals surface area contributed by atoms with Gasteiger partial charge in [-0.3, -0.25) is 9.82 Å². The zero-order valence-electron chi connectivity index (χ0n) is 12.0. The van der Waals surface area contributed by atoms with Crippen LogP contribution in [0.25, 0.3) is 0 Å². The number of benzene rings is 1. The first-order valence-corrected chi connectivity index (χ1v) is 8.13. The number of sulfonamides is 1. The van der Waals surface area contributed by atoms with Gasteiger partial charge in [0.1, 0.15) is 10.7 Å². The Kier molecular flexibility index (Phi) is 4.37. The molecule has 0 aliphatic rings. The minimum Gasteiger partial charge on any atom is -0.383 e. The molecule has 0 aliphatic heterocycles. The molecule has 0 fully saturated rings. The number of aromatic amines is 1. The lowest BCUT2D eigenvalue weighted by atomic mass is 10.2. The summed E-state index contributed by atoms with van der Waals surface area (Å²) >= 11 is 0. The lowest BCUT2D eigenvalue weighted by Crippen LogP contribution is -2.21. The number of nitrogens with one attached hydrogen (secondary N) is 2. The van der Waals surface area contributed by atoms with Crippen molar-refractivity contribution in [1.82, 2.24) is 10.2 Å². The second-order valence-electron chi connectivity index (χ2n) is 4.47. The van der Waals surface area contributed by atoms with Crippen molar-refractivity contribution in [1.29, 1.82) is 0 Å². The van der Waals surface area contributed by atoms with E-state index in [2.05, 4.69) is 33.7 Å². The zero-order chi connectivity index (χ0) is 15.5. The summed E-state index contributed by atoms with van der Waals surface area (Å²) < 4.78 is 26.8. The summed E-state index contributed by atoms with van der Waals surface area (Å²) in [6, 6.07) is 7.20. The van der Waals surface area contributed by atoms with Crippen LogP contribution in [0.4, 0.5) is 17.2 Å². The second kappa shape index (κ2) is 6.04. The number of hydrogen-bond donors (Lipinski definition) is 3. The molecule has 8 heteroatoms. The lowest BCUT2D eigenvalue weighted by Gasteiger charge is -2.21. The van der Waals surface area contributed by atoms with Gasteiger partial charge < -0.3 is 10.6 Å². The molecule has 114 valence electrons. The van der Waals surface area contributed by atoms with Gasteiger partial charge in [-0.25, -0.2) is 8.42 Å². The van der Waals surface area contributed by atoms with Crippen molar-refractivity contribution in [3.05, 3.63) is 30.5 Å². The van der Waals surface area contributed by atoms with Crippen molar-refractivity contribution in [2.45, 2.75) is 18.7 Å². The number of nitrogen functional groups attached to an aromatic ring is 1. The predicted molar refractivity (Wildman–Crippen MR) is 83.8 cm³/mol. The van der Waals surface area contributed by atoms with Crippen LogP contribution in [0.5, 0.6) is 0 Å². The van der Waals surface area contributed by atoms with Gasteiger partial charge in [0.2, 0.25) is 0 Å². The lowest BCUT2D eigenvalue weighted by molar-refractivity contribution is 0.601. The minimum absolute atomic E-state index is 0.0160. The highest BCUT2D eigenvalue weighted by Crippen LogP contribution is 2.22. The predicted octanol–water partition coefficient (Wildman–Crippen LogP) is 1.64. The smallest absolute Gasteiger partial charge is 0.267 e. The van der Waals surface area contributed by atoms with Crippen molar-refractivity contribution in [3.63, 3.8) is 0 Å². The van der Waals surface area contributed by atoms with E-state index in [1.165, 1.54) is 6.20 Å². The molecule has 7 nitrogen and oxygen atoms in total. The number of aromatic nitrogens is 2. The Morgan fingerprint density at radius 2 is 1.86 bits per heavy atom. The van der Waals surface area contributed by atoms with Crippen LogP contribution in [0, 0.1) is 0 Å². The van der Waals surface area contributed by atoms with Crippen LogP contribution >= 0.6 is 0 Å². The van der Waals surface area contributed by atoms with Crippen LogP contribution in [-0.2, 0) is 10.0 Å². The summed E-state index contributed by atoms with van der Waals surface area (Å²) in [5.74, 6) is 0.0160. The van der Waals surface area contributed by atoms with Crippen molar-refractivity contribution in [2.24, 2.45) is 0 Å². The van der Waals surface area contributed by atoms with E-state index in [9.17, 15) is 8.42 Å². The standard InChI is InChI=1S/C13H19N5O2S/c1-3-18(4-2)11-7-5-10(6-8-11)17-21(19,20)12-9-15-16-13(12)14/h5-9,17H,3-4H2,1-2H3,(H3,14,15,16). The summed E-state index contributed by atoms with van der Waals surface area (Å²) in [6.45, 7) is 5.93. The molecule has 0 aliphatic carbocycles. The third kappa shape index (κ3) is 3.27. The number of anilines is 3. The van der Waals surface area contributed by atoms with Crippen LogP contribution in [-0.4, -0.2) is 31.7 Å². The van der Waals surface area contributed by atoms with Crippen LogP contribution in [0.1, 0.15) is 13.8 Å². The Bertz CT molecular complexity index is 690. The second-order valence-corrected chi connectivity index (χ2v) is 6.12. The quantitative estimate of drug-likeness (QED) is 0.752. The van der Waals surface area contributed by atoms with Gasteiger partial charge in [0.15, 0.2) is 0 Å². The summed E-state index contributed by atoms with van der Waals surface area (Å²) in [4.78, 5) is 2.11. The molecule has 1 heterocycles. The van der Waals surface area contributed by atoms with Crippen LogP contribution in [0.2, 0.25) is 0 Å². The van der Waals surface area contributed by atoms with E-state index < -0.39 is 10.0 Å². The Balaban J connectivity index is 2.19. The molecule has 0 spiro atoms.